The van der Waals surface area contributed by atoms with Crippen LogP contribution in [0, 0.1) is 6.92 Å². The van der Waals surface area contributed by atoms with Crippen LogP contribution in [0.4, 0.5) is 0 Å². The zero-order valence-corrected chi connectivity index (χ0v) is 42.5. The Labute approximate surface area is 451 Å². The molecule has 0 unspecified atom stereocenters. The van der Waals surface area contributed by atoms with Crippen LogP contribution in [0.5, 0.6) is 5.75 Å². The molecule has 4 nitrogen and oxygen atoms in total. The van der Waals surface area contributed by atoms with E-state index in [0.29, 0.717) is 28.2 Å². The van der Waals surface area contributed by atoms with Crippen molar-refractivity contribution in [1.29, 1.82) is 0 Å². The molecule has 0 saturated heterocycles. The number of nitrogens with zero attached hydrogens (tertiary/aromatic N) is 3. The van der Waals surface area contributed by atoms with Gasteiger partial charge in [-0.1, -0.05) is 196 Å². The van der Waals surface area contributed by atoms with Crippen LogP contribution >= 0.6 is 0 Å². The number of imidazole rings is 1. The minimum atomic E-state index is -3.82. The molecule has 0 atom stereocenters. The Balaban J connectivity index is 1.25. The van der Waals surface area contributed by atoms with Gasteiger partial charge in [-0.05, 0) is 157 Å². The first kappa shape index (κ1) is 35.3. The second kappa shape index (κ2) is 19.3. The van der Waals surface area contributed by atoms with Crippen molar-refractivity contribution in [2.45, 2.75) is 98.6 Å². The zero-order valence-electron chi connectivity index (χ0n) is 55.5. The number of aromatic nitrogens is 3. The SMILES string of the molecule is [2H]c1c([2H])c(C(C([2H])([2H])[2H])(C([2H])([2H])[2H])C([2H])([2H])[2H])c([2H])c([2H])c1-c1ccnc(-c2cc(-c3ccccc3)cc(-c3cccc4c3nc(-c3cc(C(C)C)cc(C(C)C)c3O)n4-c3cc(C)c(-c4ccccc4)cc3-c3ccc(C(C)(C)C)cc3)c2)c1. The van der Waals surface area contributed by atoms with Crippen molar-refractivity contribution < 1.29 is 22.9 Å². The first-order valence-electron chi connectivity index (χ1n) is 31.3. The summed E-state index contributed by atoms with van der Waals surface area (Å²) in [5.74, 6) is 0.755. The number of rotatable bonds is 10. The van der Waals surface area contributed by atoms with Crippen molar-refractivity contribution in [1.82, 2.24) is 14.5 Å². The van der Waals surface area contributed by atoms with Crippen LogP contribution in [0.2, 0.25) is 0 Å². The molecule has 0 spiro atoms. The molecular weight excluding hydrogens is 887 g/mol. The van der Waals surface area contributed by atoms with Crippen molar-refractivity contribution in [3.05, 3.63) is 216 Å². The summed E-state index contributed by atoms with van der Waals surface area (Å²) in [6.07, 6.45) is 1.44. The number of aromatic hydroxyl groups is 1. The van der Waals surface area contributed by atoms with Gasteiger partial charge >= 0.3 is 0 Å². The fraction of sp³-hybridized carbons (Fsp3) is 0.217. The number of hydrogen-bond donors (Lipinski definition) is 1. The van der Waals surface area contributed by atoms with E-state index in [2.05, 4.69) is 127 Å². The Kier molecular flexibility index (Phi) is 9.34. The number of hydrogen-bond acceptors (Lipinski definition) is 3. The fourth-order valence-corrected chi connectivity index (χ4v) is 9.68. The molecule has 4 heteroatoms. The van der Waals surface area contributed by atoms with Crippen molar-refractivity contribution in [3.8, 4) is 89.7 Å². The largest absolute Gasteiger partial charge is 0.507 e. The molecule has 0 bridgehead atoms. The Hall–Kier alpha value is -7.82. The minimum Gasteiger partial charge on any atom is -0.507 e. The lowest BCUT2D eigenvalue weighted by molar-refractivity contribution is 0.466. The highest BCUT2D eigenvalue weighted by Gasteiger charge is 2.26. The Morgan fingerprint density at radius 2 is 1.18 bits per heavy atom. The summed E-state index contributed by atoms with van der Waals surface area (Å²) in [7, 11) is 0. The van der Waals surface area contributed by atoms with Crippen LogP contribution in [0.15, 0.2) is 188 Å². The predicted octanol–water partition coefficient (Wildman–Crippen LogP) is 18.9. The molecule has 0 aliphatic carbocycles. The molecule has 73 heavy (non-hydrogen) atoms. The van der Waals surface area contributed by atoms with E-state index in [4.69, 9.17) is 25.0 Å². The monoisotopic (exact) mass is 967 g/mol. The molecule has 364 valence electrons. The number of benzene rings is 8. The number of fused-ring (bicyclic) bond motifs is 1. The third-order valence-corrected chi connectivity index (χ3v) is 13.8. The Bertz CT molecular complexity index is 4170. The number of phenolic OH excluding ortho intramolecular Hbond substituents is 1. The van der Waals surface area contributed by atoms with E-state index in [9.17, 15) is 7.85 Å². The van der Waals surface area contributed by atoms with Crippen LogP contribution in [0.25, 0.3) is 95.0 Å². The van der Waals surface area contributed by atoms with E-state index in [1.54, 1.807) is 6.07 Å². The highest BCUT2D eigenvalue weighted by molar-refractivity contribution is 5.99. The minimum absolute atomic E-state index is 0.0250. The molecule has 0 aliphatic rings. The third kappa shape index (κ3) is 9.67. The molecule has 0 saturated carbocycles. The lowest BCUT2D eigenvalue weighted by atomic mass is 9.85. The van der Waals surface area contributed by atoms with Gasteiger partial charge in [0, 0.05) is 35.2 Å². The number of phenols is 1. The highest BCUT2D eigenvalue weighted by Crippen LogP contribution is 2.46. The van der Waals surface area contributed by atoms with Gasteiger partial charge < -0.3 is 5.11 Å². The first-order valence-corrected chi connectivity index (χ1v) is 24.8. The summed E-state index contributed by atoms with van der Waals surface area (Å²) in [5, 5.41) is 12.6. The van der Waals surface area contributed by atoms with Gasteiger partial charge in [0.2, 0.25) is 0 Å². The fourth-order valence-electron chi connectivity index (χ4n) is 9.68. The standard InChI is InChI=1S/C69H67N3O/c1-43(2)51-39-58(44(3)4)66(73)61(40-51)67-71-65-57(53-36-52(46-19-14-12-15-20-46)37-54(38-53)62-41-50(33-34-70-62)47-25-29-55(30-26-47)68(6,7)8)23-18-24-63(65)72(67)64-35-45(5)59(48-21-16-13-17-22-48)42-60(64)49-27-31-56(32-28-49)69(9,10)11/h12-44,73H,1-11H3/i6D3,7D3,8D3,25D,26D,29D,30D. The van der Waals surface area contributed by atoms with Gasteiger partial charge in [0.25, 0.3) is 0 Å². The molecule has 1 N–H and O–H groups in total. The molecular formula is C69H67N3O. The maximum Gasteiger partial charge on any atom is 0.149 e. The van der Waals surface area contributed by atoms with Crippen molar-refractivity contribution >= 4 is 11.0 Å². The highest BCUT2D eigenvalue weighted by atomic mass is 16.3. The van der Waals surface area contributed by atoms with Crippen molar-refractivity contribution in [2.24, 2.45) is 0 Å². The predicted molar refractivity (Wildman–Crippen MR) is 309 cm³/mol. The molecule has 0 amide bonds. The van der Waals surface area contributed by atoms with Gasteiger partial charge in [-0.3, -0.25) is 9.55 Å². The number of para-hydroxylation sites is 1. The molecule has 0 fully saturated rings. The average molecular weight is 967 g/mol. The van der Waals surface area contributed by atoms with Crippen LogP contribution in [-0.2, 0) is 10.8 Å². The Morgan fingerprint density at radius 3 is 1.84 bits per heavy atom. The molecule has 2 aromatic heterocycles. The number of pyridine rings is 1. The topological polar surface area (TPSA) is 50.9 Å². The summed E-state index contributed by atoms with van der Waals surface area (Å²) < 4.78 is 114. The lowest BCUT2D eigenvalue weighted by Crippen LogP contribution is -2.10. The van der Waals surface area contributed by atoms with Crippen LogP contribution in [-0.4, -0.2) is 19.6 Å². The quantitative estimate of drug-likeness (QED) is 0.149. The molecule has 0 radical (unpaired) electrons. The summed E-state index contributed by atoms with van der Waals surface area (Å²) in [5.41, 5.74) is 9.73. The third-order valence-electron chi connectivity index (χ3n) is 13.8. The summed E-state index contributed by atoms with van der Waals surface area (Å²) in [6, 6.07) is 48.6. The summed E-state index contributed by atoms with van der Waals surface area (Å²) in [4.78, 5) is 10.4. The molecule has 2 heterocycles. The maximum atomic E-state index is 12.6. The van der Waals surface area contributed by atoms with Gasteiger partial charge in [0.1, 0.15) is 11.6 Å². The average Bonchev–Trinajstić information content (AvgIpc) is 0.752. The van der Waals surface area contributed by atoms with Crippen LogP contribution in [0.1, 0.15) is 126 Å². The first-order chi connectivity index (χ1) is 40.3. The molecule has 8 aromatic carbocycles. The van der Waals surface area contributed by atoms with Gasteiger partial charge in [-0.2, -0.15) is 0 Å². The van der Waals surface area contributed by atoms with E-state index in [0.717, 1.165) is 72.4 Å². The van der Waals surface area contributed by atoms with Gasteiger partial charge in [-0.15, -0.1) is 0 Å². The smallest absolute Gasteiger partial charge is 0.149 e. The Morgan fingerprint density at radius 1 is 0.521 bits per heavy atom. The molecule has 0 aliphatic heterocycles. The zero-order chi connectivity index (χ0) is 62.3. The van der Waals surface area contributed by atoms with Crippen LogP contribution in [0.3, 0.4) is 0 Å². The normalized spacial score (nSPS) is 15.2. The van der Waals surface area contributed by atoms with Crippen molar-refractivity contribution in [3.63, 3.8) is 0 Å². The van der Waals surface area contributed by atoms with Gasteiger partial charge in [-0.25, -0.2) is 4.98 Å². The van der Waals surface area contributed by atoms with E-state index < -0.39 is 55.7 Å². The van der Waals surface area contributed by atoms with Crippen LogP contribution < -0.4 is 0 Å². The van der Waals surface area contributed by atoms with Crippen molar-refractivity contribution in [2.75, 3.05) is 0 Å². The maximum absolute atomic E-state index is 12.6. The number of aryl methyl sites for hydroxylation is 1. The van der Waals surface area contributed by atoms with E-state index in [-0.39, 0.29) is 34.1 Å². The second-order valence-corrected chi connectivity index (χ2v) is 20.7. The summed E-state index contributed by atoms with van der Waals surface area (Å²) >= 11 is 0. The molecule has 10 aromatic rings. The lowest BCUT2D eigenvalue weighted by Gasteiger charge is -2.22. The van der Waals surface area contributed by atoms with Gasteiger partial charge in [0.15, 0.2) is 0 Å². The molecule has 10 rings (SSSR count). The van der Waals surface area contributed by atoms with E-state index in [1.807, 2.05) is 78.9 Å². The van der Waals surface area contributed by atoms with E-state index >= 15 is 0 Å². The van der Waals surface area contributed by atoms with E-state index in [1.165, 1.54) is 17.8 Å². The summed E-state index contributed by atoms with van der Waals surface area (Å²) in [6.45, 7) is 5.66. The van der Waals surface area contributed by atoms with Gasteiger partial charge in [0.05, 0.1) is 33.5 Å². The second-order valence-electron chi connectivity index (χ2n) is 20.7.